The number of aromatic hydroxyl groups is 1. The van der Waals surface area contributed by atoms with Crippen molar-refractivity contribution in [2.24, 2.45) is 7.05 Å². The Morgan fingerprint density at radius 3 is 3.05 bits per heavy atom. The van der Waals surface area contributed by atoms with Gasteiger partial charge in [0.05, 0.1) is 18.1 Å². The topological polar surface area (TPSA) is 88.8 Å². The molecule has 0 atom stereocenters. The van der Waals surface area contributed by atoms with E-state index in [0.717, 1.165) is 11.0 Å². The van der Waals surface area contributed by atoms with E-state index in [0.29, 0.717) is 18.1 Å². The van der Waals surface area contributed by atoms with E-state index in [1.54, 1.807) is 29.2 Å². The lowest BCUT2D eigenvalue weighted by Gasteiger charge is -2.06. The van der Waals surface area contributed by atoms with Crippen LogP contribution in [0.3, 0.4) is 0 Å². The zero-order chi connectivity index (χ0) is 13.2. The summed E-state index contributed by atoms with van der Waals surface area (Å²) < 4.78 is 1.68. The Labute approximate surface area is 109 Å². The maximum Gasteiger partial charge on any atom is 0.163 e. The monoisotopic (exact) mass is 256 g/mol. The van der Waals surface area contributed by atoms with Crippen LogP contribution < -0.4 is 5.32 Å². The molecule has 0 aliphatic rings. The molecule has 7 heteroatoms. The molecule has 3 rings (SSSR count). The first kappa shape index (κ1) is 11.4. The fourth-order valence-electron chi connectivity index (χ4n) is 1.84. The number of aromatic nitrogens is 5. The predicted molar refractivity (Wildman–Crippen MR) is 69.5 cm³/mol. The highest BCUT2D eigenvalue weighted by Gasteiger charge is 2.08. The number of hydrogen-bond donors (Lipinski definition) is 2. The van der Waals surface area contributed by atoms with Gasteiger partial charge < -0.3 is 10.4 Å². The zero-order valence-corrected chi connectivity index (χ0v) is 10.3. The van der Waals surface area contributed by atoms with E-state index in [1.165, 1.54) is 6.33 Å². The van der Waals surface area contributed by atoms with Gasteiger partial charge in [0.25, 0.3) is 0 Å². The molecule has 0 bridgehead atoms. The van der Waals surface area contributed by atoms with Gasteiger partial charge in [0.1, 0.15) is 23.6 Å². The average molecular weight is 256 g/mol. The molecule has 3 aromatic heterocycles. The van der Waals surface area contributed by atoms with Gasteiger partial charge >= 0.3 is 0 Å². The van der Waals surface area contributed by atoms with Crippen LogP contribution >= 0.6 is 0 Å². The normalized spacial score (nSPS) is 10.8. The van der Waals surface area contributed by atoms with Crippen molar-refractivity contribution in [3.63, 3.8) is 0 Å². The largest absolute Gasteiger partial charge is 0.506 e. The minimum atomic E-state index is 0.159. The first-order chi connectivity index (χ1) is 9.25. The molecule has 0 fully saturated rings. The summed E-state index contributed by atoms with van der Waals surface area (Å²) in [5.74, 6) is 0.828. The Hall–Kier alpha value is -2.70. The van der Waals surface area contributed by atoms with E-state index >= 15 is 0 Å². The molecule has 0 aliphatic carbocycles. The number of nitrogens with one attached hydrogen (secondary N) is 1. The minimum Gasteiger partial charge on any atom is -0.506 e. The number of nitrogens with zero attached hydrogens (tertiary/aromatic N) is 5. The van der Waals surface area contributed by atoms with Crippen molar-refractivity contribution >= 4 is 16.9 Å². The van der Waals surface area contributed by atoms with Crippen LogP contribution in [0.25, 0.3) is 11.0 Å². The summed E-state index contributed by atoms with van der Waals surface area (Å²) in [4.78, 5) is 12.4. The van der Waals surface area contributed by atoms with Gasteiger partial charge in [-0.05, 0) is 12.1 Å². The van der Waals surface area contributed by atoms with Crippen LogP contribution in [0.4, 0.5) is 5.82 Å². The molecular weight excluding hydrogens is 244 g/mol. The van der Waals surface area contributed by atoms with Crippen molar-refractivity contribution in [2.45, 2.75) is 6.54 Å². The van der Waals surface area contributed by atoms with Gasteiger partial charge in [0.15, 0.2) is 5.65 Å². The second-order valence-corrected chi connectivity index (χ2v) is 4.05. The molecule has 0 aliphatic heterocycles. The number of rotatable bonds is 3. The van der Waals surface area contributed by atoms with Gasteiger partial charge in [-0.2, -0.15) is 5.10 Å². The summed E-state index contributed by atoms with van der Waals surface area (Å²) in [6.07, 6.45) is 4.82. The molecule has 0 radical (unpaired) electrons. The third kappa shape index (κ3) is 2.05. The average Bonchev–Trinajstić information content (AvgIpc) is 2.81. The van der Waals surface area contributed by atoms with Crippen molar-refractivity contribution in [1.29, 1.82) is 0 Å². The van der Waals surface area contributed by atoms with Gasteiger partial charge in [0, 0.05) is 13.2 Å². The Bertz CT molecular complexity index is 723. The number of fused-ring (bicyclic) bond motifs is 1. The summed E-state index contributed by atoms with van der Waals surface area (Å²) in [5.41, 5.74) is 1.32. The molecule has 96 valence electrons. The Morgan fingerprint density at radius 1 is 1.32 bits per heavy atom. The van der Waals surface area contributed by atoms with Crippen molar-refractivity contribution in [1.82, 2.24) is 24.7 Å². The summed E-state index contributed by atoms with van der Waals surface area (Å²) in [6, 6.07) is 3.28. The van der Waals surface area contributed by atoms with Crippen LogP contribution in [-0.4, -0.2) is 29.8 Å². The SMILES string of the molecule is Cn1ncc2c(NCc3ncccc3O)ncnc21. The minimum absolute atomic E-state index is 0.159. The molecule has 0 unspecified atom stereocenters. The molecule has 0 saturated carbocycles. The molecule has 7 nitrogen and oxygen atoms in total. The van der Waals surface area contributed by atoms with Gasteiger partial charge in [-0.15, -0.1) is 0 Å². The third-order valence-electron chi connectivity index (χ3n) is 2.82. The summed E-state index contributed by atoms with van der Waals surface area (Å²) >= 11 is 0. The number of pyridine rings is 1. The van der Waals surface area contributed by atoms with Crippen LogP contribution in [0.2, 0.25) is 0 Å². The first-order valence-electron chi connectivity index (χ1n) is 5.75. The van der Waals surface area contributed by atoms with Crippen molar-refractivity contribution in [2.75, 3.05) is 5.32 Å². The molecule has 0 amide bonds. The van der Waals surface area contributed by atoms with Gasteiger partial charge in [-0.3, -0.25) is 9.67 Å². The number of anilines is 1. The molecule has 2 N–H and O–H groups in total. The van der Waals surface area contributed by atoms with Crippen LogP contribution in [0.5, 0.6) is 5.75 Å². The second-order valence-electron chi connectivity index (χ2n) is 4.05. The van der Waals surface area contributed by atoms with Gasteiger partial charge in [-0.25, -0.2) is 9.97 Å². The van der Waals surface area contributed by atoms with E-state index < -0.39 is 0 Å². The van der Waals surface area contributed by atoms with Crippen molar-refractivity contribution in [3.8, 4) is 5.75 Å². The molecule has 3 heterocycles. The lowest BCUT2D eigenvalue weighted by Crippen LogP contribution is -2.04. The molecule has 0 spiro atoms. The Kier molecular flexibility index (Phi) is 2.71. The van der Waals surface area contributed by atoms with E-state index in [9.17, 15) is 5.11 Å². The smallest absolute Gasteiger partial charge is 0.163 e. The molecular formula is C12H12N6O. The van der Waals surface area contributed by atoms with E-state index in [2.05, 4.69) is 25.4 Å². The van der Waals surface area contributed by atoms with Crippen LogP contribution in [0, 0.1) is 0 Å². The summed E-state index contributed by atoms with van der Waals surface area (Å²) in [5, 5.41) is 17.8. The highest BCUT2D eigenvalue weighted by Crippen LogP contribution is 2.19. The van der Waals surface area contributed by atoms with E-state index in [4.69, 9.17) is 0 Å². The molecule has 3 aromatic rings. The standard InChI is InChI=1S/C12H12N6O/c1-18-12-8(5-17-18)11(15-7-16-12)14-6-9-10(19)3-2-4-13-9/h2-5,7,19H,6H2,1H3,(H,14,15,16). The first-order valence-corrected chi connectivity index (χ1v) is 5.75. The molecule has 0 aromatic carbocycles. The number of aryl methyl sites for hydroxylation is 1. The van der Waals surface area contributed by atoms with Gasteiger partial charge in [-0.1, -0.05) is 0 Å². The fourth-order valence-corrected chi connectivity index (χ4v) is 1.84. The third-order valence-corrected chi connectivity index (χ3v) is 2.82. The van der Waals surface area contributed by atoms with E-state index in [1.807, 2.05) is 7.05 Å². The molecule has 19 heavy (non-hydrogen) atoms. The lowest BCUT2D eigenvalue weighted by atomic mass is 10.3. The maximum absolute atomic E-state index is 9.65. The quantitative estimate of drug-likeness (QED) is 0.728. The summed E-state index contributed by atoms with van der Waals surface area (Å²) in [6.45, 7) is 0.383. The fraction of sp³-hybridized carbons (Fsp3) is 0.167. The van der Waals surface area contributed by atoms with Crippen LogP contribution in [0.15, 0.2) is 30.9 Å². The van der Waals surface area contributed by atoms with Gasteiger partial charge in [0.2, 0.25) is 0 Å². The van der Waals surface area contributed by atoms with Crippen molar-refractivity contribution in [3.05, 3.63) is 36.5 Å². The van der Waals surface area contributed by atoms with Crippen LogP contribution in [0.1, 0.15) is 5.69 Å². The van der Waals surface area contributed by atoms with E-state index in [-0.39, 0.29) is 5.75 Å². The highest BCUT2D eigenvalue weighted by atomic mass is 16.3. The highest BCUT2D eigenvalue weighted by molar-refractivity contribution is 5.85. The van der Waals surface area contributed by atoms with Crippen LogP contribution in [-0.2, 0) is 13.6 Å². The summed E-state index contributed by atoms with van der Waals surface area (Å²) in [7, 11) is 1.82. The molecule has 0 saturated heterocycles. The Morgan fingerprint density at radius 2 is 2.21 bits per heavy atom. The number of hydrogen-bond acceptors (Lipinski definition) is 6. The van der Waals surface area contributed by atoms with Crippen molar-refractivity contribution < 1.29 is 5.11 Å². The predicted octanol–water partition coefficient (Wildman–Crippen LogP) is 1.08. The lowest BCUT2D eigenvalue weighted by molar-refractivity contribution is 0.465. The Balaban J connectivity index is 1.88. The maximum atomic E-state index is 9.65. The zero-order valence-electron chi connectivity index (χ0n) is 10.3. The second kappa shape index (κ2) is 4.52.